The van der Waals surface area contributed by atoms with Crippen molar-refractivity contribution in [2.24, 2.45) is 0 Å². The highest BCUT2D eigenvalue weighted by Crippen LogP contribution is 2.28. The van der Waals surface area contributed by atoms with Gasteiger partial charge in [-0.2, -0.15) is 0 Å². The van der Waals surface area contributed by atoms with Crippen LogP contribution in [0.2, 0.25) is 0 Å². The lowest BCUT2D eigenvalue weighted by Crippen LogP contribution is -2.33. The molecule has 3 N–H and O–H groups in total. The van der Waals surface area contributed by atoms with Crippen molar-refractivity contribution in [2.45, 2.75) is 13.0 Å². The van der Waals surface area contributed by atoms with E-state index in [1.54, 1.807) is 0 Å². The topological polar surface area (TPSA) is 108 Å². The summed E-state index contributed by atoms with van der Waals surface area (Å²) in [6.07, 6.45) is -1.40. The molecule has 0 aliphatic carbocycles. The van der Waals surface area contributed by atoms with Crippen molar-refractivity contribution < 1.29 is 31.9 Å². The van der Waals surface area contributed by atoms with E-state index >= 15 is 0 Å². The average molecular weight is 377 g/mol. The second kappa shape index (κ2) is 8.21. The molecule has 0 radical (unpaired) electrons. The molecule has 1 aromatic carbocycles. The van der Waals surface area contributed by atoms with Gasteiger partial charge in [-0.1, -0.05) is 0 Å². The molecule has 1 unspecified atom stereocenters. The molecule has 138 valence electrons. The standard InChI is InChI=1S/C14H17F2N3O5S/c1-8(20)18-6-10-7-19(14(21)24-10)9-4-11(15)13(12(16)5-9)17-2-3-25(22)23/h4-5,10,17H,2-3,6-7H2,1H3,(H,18,20)(H,22,23)/t10-/m0/s1. The van der Waals surface area contributed by atoms with Gasteiger partial charge in [-0.15, -0.1) is 0 Å². The minimum atomic E-state index is -2.08. The van der Waals surface area contributed by atoms with Gasteiger partial charge in [0.1, 0.15) is 11.8 Å². The van der Waals surface area contributed by atoms with Gasteiger partial charge in [-0.3, -0.25) is 9.69 Å². The summed E-state index contributed by atoms with van der Waals surface area (Å²) in [7, 11) is 0. The summed E-state index contributed by atoms with van der Waals surface area (Å²) in [6.45, 7) is 1.35. The lowest BCUT2D eigenvalue weighted by Gasteiger charge is -2.16. The lowest BCUT2D eigenvalue weighted by molar-refractivity contribution is -0.119. The number of carbonyl (C=O) groups excluding carboxylic acids is 2. The van der Waals surface area contributed by atoms with Crippen molar-refractivity contribution in [1.29, 1.82) is 0 Å². The molecule has 0 bridgehead atoms. The van der Waals surface area contributed by atoms with Crippen LogP contribution < -0.4 is 15.5 Å². The number of nitrogens with one attached hydrogen (secondary N) is 2. The maximum atomic E-state index is 14.1. The van der Waals surface area contributed by atoms with Crippen LogP contribution in [0.4, 0.5) is 25.0 Å². The Balaban J connectivity index is 2.08. The first-order valence-electron chi connectivity index (χ1n) is 7.31. The molecule has 0 aromatic heterocycles. The van der Waals surface area contributed by atoms with Gasteiger partial charge in [0.05, 0.1) is 24.5 Å². The third-order valence-corrected chi connectivity index (χ3v) is 3.92. The van der Waals surface area contributed by atoms with E-state index in [-0.39, 0.29) is 37.0 Å². The van der Waals surface area contributed by atoms with E-state index in [1.165, 1.54) is 6.92 Å². The molecule has 1 aliphatic rings. The van der Waals surface area contributed by atoms with Crippen LogP contribution in [-0.4, -0.2) is 52.3 Å². The van der Waals surface area contributed by atoms with Crippen molar-refractivity contribution in [1.82, 2.24) is 5.32 Å². The van der Waals surface area contributed by atoms with Crippen LogP contribution in [0.1, 0.15) is 6.92 Å². The fourth-order valence-electron chi connectivity index (χ4n) is 2.24. The second-order valence-corrected chi connectivity index (χ2v) is 6.34. The monoisotopic (exact) mass is 377 g/mol. The summed E-state index contributed by atoms with van der Waals surface area (Å²) in [6, 6.07) is 1.92. The highest BCUT2D eigenvalue weighted by atomic mass is 32.2. The first kappa shape index (κ1) is 19.1. The summed E-state index contributed by atoms with van der Waals surface area (Å²) in [5, 5.41) is 4.90. The van der Waals surface area contributed by atoms with Gasteiger partial charge in [-0.25, -0.2) is 17.8 Å². The third kappa shape index (κ3) is 5.10. The number of amides is 2. The van der Waals surface area contributed by atoms with Gasteiger partial charge in [-0.05, 0) is 0 Å². The maximum Gasteiger partial charge on any atom is 0.414 e. The van der Waals surface area contributed by atoms with E-state index in [0.29, 0.717) is 0 Å². The predicted molar refractivity (Wildman–Crippen MR) is 86.8 cm³/mol. The van der Waals surface area contributed by atoms with Gasteiger partial charge >= 0.3 is 6.09 Å². The SMILES string of the molecule is CC(=O)NC[C@H]1CN(c2cc(F)c(NCCS(=O)O)c(F)c2)C(=O)O1. The molecular weight excluding hydrogens is 360 g/mol. The zero-order valence-electron chi connectivity index (χ0n) is 13.3. The molecule has 1 fully saturated rings. The zero-order valence-corrected chi connectivity index (χ0v) is 14.1. The van der Waals surface area contributed by atoms with Crippen LogP contribution in [0.25, 0.3) is 0 Å². The molecular formula is C14H17F2N3O5S. The Morgan fingerprint density at radius 1 is 1.44 bits per heavy atom. The van der Waals surface area contributed by atoms with E-state index in [4.69, 9.17) is 9.29 Å². The molecule has 1 aliphatic heterocycles. The van der Waals surface area contributed by atoms with Crippen molar-refractivity contribution in [3.8, 4) is 0 Å². The quantitative estimate of drug-likeness (QED) is 0.614. The summed E-state index contributed by atoms with van der Waals surface area (Å²) in [4.78, 5) is 23.8. The number of hydrogen-bond acceptors (Lipinski definition) is 5. The highest BCUT2D eigenvalue weighted by Gasteiger charge is 2.33. The Kier molecular flexibility index (Phi) is 6.26. The Morgan fingerprint density at radius 3 is 2.64 bits per heavy atom. The number of anilines is 2. The summed E-state index contributed by atoms with van der Waals surface area (Å²) in [5.74, 6) is -2.37. The van der Waals surface area contributed by atoms with E-state index < -0.39 is 40.6 Å². The molecule has 0 spiro atoms. The minimum absolute atomic E-state index is 0.0263. The lowest BCUT2D eigenvalue weighted by atomic mass is 10.2. The number of carbonyl (C=O) groups is 2. The first-order valence-corrected chi connectivity index (χ1v) is 8.58. The molecule has 11 heteroatoms. The second-order valence-electron chi connectivity index (χ2n) is 5.29. The van der Waals surface area contributed by atoms with Crippen LogP contribution in [-0.2, 0) is 20.6 Å². The van der Waals surface area contributed by atoms with Crippen LogP contribution in [0.3, 0.4) is 0 Å². The maximum absolute atomic E-state index is 14.1. The van der Waals surface area contributed by atoms with Gasteiger partial charge in [0.2, 0.25) is 5.91 Å². The molecule has 2 rings (SSSR count). The normalized spacial score (nSPS) is 18.0. The van der Waals surface area contributed by atoms with Crippen LogP contribution in [0, 0.1) is 11.6 Å². The van der Waals surface area contributed by atoms with Gasteiger partial charge in [0, 0.05) is 25.6 Å². The average Bonchev–Trinajstić information content (AvgIpc) is 2.88. The summed E-state index contributed by atoms with van der Waals surface area (Å²) in [5.41, 5.74) is -0.474. The number of nitrogens with zero attached hydrogens (tertiary/aromatic N) is 1. The number of cyclic esters (lactones) is 1. The number of rotatable bonds is 7. The van der Waals surface area contributed by atoms with Crippen molar-refractivity contribution in [3.05, 3.63) is 23.8 Å². The van der Waals surface area contributed by atoms with Crippen molar-refractivity contribution in [3.63, 3.8) is 0 Å². The Bertz CT molecular complexity index is 680. The Hall–Kier alpha value is -2.27. The molecule has 1 heterocycles. The molecule has 2 atom stereocenters. The molecule has 1 aromatic rings. The fourth-order valence-corrected chi connectivity index (χ4v) is 2.52. The fraction of sp³-hybridized carbons (Fsp3) is 0.429. The Morgan fingerprint density at radius 2 is 2.08 bits per heavy atom. The number of hydrogen-bond donors (Lipinski definition) is 3. The predicted octanol–water partition coefficient (Wildman–Crippen LogP) is 1.06. The Labute approximate surface area is 144 Å². The molecule has 8 nitrogen and oxygen atoms in total. The molecule has 25 heavy (non-hydrogen) atoms. The van der Waals surface area contributed by atoms with Crippen LogP contribution in [0.5, 0.6) is 0 Å². The number of halogens is 2. The van der Waals surface area contributed by atoms with Gasteiger partial charge < -0.3 is 19.9 Å². The smallest absolute Gasteiger partial charge is 0.414 e. The van der Waals surface area contributed by atoms with Crippen LogP contribution in [0.15, 0.2) is 12.1 Å². The van der Waals surface area contributed by atoms with Crippen molar-refractivity contribution in [2.75, 3.05) is 35.6 Å². The van der Waals surface area contributed by atoms with Gasteiger partial charge in [0.15, 0.2) is 22.7 Å². The van der Waals surface area contributed by atoms with E-state index in [2.05, 4.69) is 10.6 Å². The number of benzene rings is 1. The summed E-state index contributed by atoms with van der Waals surface area (Å²) < 4.78 is 52.4. The van der Waals surface area contributed by atoms with Crippen LogP contribution >= 0.6 is 0 Å². The molecule has 1 saturated heterocycles. The molecule has 2 amide bonds. The highest BCUT2D eigenvalue weighted by molar-refractivity contribution is 7.79. The zero-order chi connectivity index (χ0) is 18.6. The van der Waals surface area contributed by atoms with E-state index in [9.17, 15) is 22.6 Å². The molecule has 0 saturated carbocycles. The van der Waals surface area contributed by atoms with Gasteiger partial charge in [0.25, 0.3) is 0 Å². The minimum Gasteiger partial charge on any atom is -0.442 e. The van der Waals surface area contributed by atoms with Crippen molar-refractivity contribution >= 4 is 34.5 Å². The van der Waals surface area contributed by atoms with E-state index in [1.807, 2.05) is 0 Å². The van der Waals surface area contributed by atoms with E-state index in [0.717, 1.165) is 17.0 Å². The first-order chi connectivity index (χ1) is 11.8. The largest absolute Gasteiger partial charge is 0.442 e. The number of ether oxygens (including phenoxy) is 1. The third-order valence-electron chi connectivity index (χ3n) is 3.37. The summed E-state index contributed by atoms with van der Waals surface area (Å²) >= 11 is -2.08.